The SMILES string of the molecule is CNCC=Cc1ccc(Br)s1. The van der Waals surface area contributed by atoms with Crippen LogP contribution >= 0.6 is 27.3 Å². The summed E-state index contributed by atoms with van der Waals surface area (Å²) in [7, 11) is 1.94. The molecule has 60 valence electrons. The van der Waals surface area contributed by atoms with Gasteiger partial charge in [0.15, 0.2) is 0 Å². The lowest BCUT2D eigenvalue weighted by molar-refractivity contribution is 0.922. The fourth-order valence-electron chi connectivity index (χ4n) is 0.711. The molecule has 0 aliphatic rings. The van der Waals surface area contributed by atoms with Crippen LogP contribution in [-0.4, -0.2) is 13.6 Å². The van der Waals surface area contributed by atoms with Crippen LogP contribution in [0.4, 0.5) is 0 Å². The van der Waals surface area contributed by atoms with E-state index in [1.54, 1.807) is 11.3 Å². The summed E-state index contributed by atoms with van der Waals surface area (Å²) in [6, 6.07) is 4.16. The summed E-state index contributed by atoms with van der Waals surface area (Å²) in [4.78, 5) is 1.28. The van der Waals surface area contributed by atoms with Crippen LogP contribution in [0.2, 0.25) is 0 Å². The number of nitrogens with one attached hydrogen (secondary N) is 1. The van der Waals surface area contributed by atoms with Crippen molar-refractivity contribution in [2.75, 3.05) is 13.6 Å². The quantitative estimate of drug-likeness (QED) is 0.844. The molecule has 0 aromatic carbocycles. The van der Waals surface area contributed by atoms with Crippen LogP contribution in [0.25, 0.3) is 6.08 Å². The normalized spacial score (nSPS) is 11.1. The molecule has 1 rings (SSSR count). The molecule has 1 nitrogen and oxygen atoms in total. The van der Waals surface area contributed by atoms with E-state index in [-0.39, 0.29) is 0 Å². The smallest absolute Gasteiger partial charge is 0.0704 e. The predicted octanol–water partition coefficient (Wildman–Crippen LogP) is 2.74. The van der Waals surface area contributed by atoms with Gasteiger partial charge in [0.1, 0.15) is 0 Å². The van der Waals surface area contributed by atoms with Gasteiger partial charge in [-0.15, -0.1) is 11.3 Å². The molecule has 0 bridgehead atoms. The molecule has 0 aliphatic carbocycles. The molecule has 0 fully saturated rings. The summed E-state index contributed by atoms with van der Waals surface area (Å²) < 4.78 is 1.18. The van der Waals surface area contributed by atoms with Crippen molar-refractivity contribution in [1.29, 1.82) is 0 Å². The van der Waals surface area contributed by atoms with Gasteiger partial charge in [0, 0.05) is 11.4 Å². The van der Waals surface area contributed by atoms with Crippen LogP contribution in [0.5, 0.6) is 0 Å². The monoisotopic (exact) mass is 231 g/mol. The third-order valence-corrected chi connectivity index (χ3v) is 2.79. The van der Waals surface area contributed by atoms with E-state index in [9.17, 15) is 0 Å². The highest BCUT2D eigenvalue weighted by molar-refractivity contribution is 9.11. The zero-order valence-corrected chi connectivity index (χ0v) is 8.71. The van der Waals surface area contributed by atoms with E-state index in [1.807, 2.05) is 7.05 Å². The largest absolute Gasteiger partial charge is 0.316 e. The second kappa shape index (κ2) is 4.70. The van der Waals surface area contributed by atoms with Gasteiger partial charge in [0.05, 0.1) is 3.79 Å². The number of likely N-dealkylation sites (N-methyl/N-ethyl adjacent to an activating group) is 1. The summed E-state index contributed by atoms with van der Waals surface area (Å²) >= 11 is 5.15. The molecule has 3 heteroatoms. The molecule has 0 saturated heterocycles. The van der Waals surface area contributed by atoms with Gasteiger partial charge in [0.2, 0.25) is 0 Å². The Morgan fingerprint density at radius 2 is 2.45 bits per heavy atom. The van der Waals surface area contributed by atoms with Gasteiger partial charge in [-0.05, 0) is 41.2 Å². The second-order valence-electron chi connectivity index (χ2n) is 2.10. The Hall–Kier alpha value is -0.120. The van der Waals surface area contributed by atoms with Crippen LogP contribution in [0, 0.1) is 0 Å². The minimum absolute atomic E-state index is 0.926. The van der Waals surface area contributed by atoms with Crippen LogP contribution < -0.4 is 5.32 Å². The van der Waals surface area contributed by atoms with Crippen molar-refractivity contribution < 1.29 is 0 Å². The Bertz CT molecular complexity index is 242. The molecule has 1 N–H and O–H groups in total. The molecule has 1 aromatic rings. The molecule has 0 radical (unpaired) electrons. The fourth-order valence-corrected chi connectivity index (χ4v) is 2.07. The number of hydrogen-bond donors (Lipinski definition) is 1. The first-order chi connectivity index (χ1) is 5.33. The first-order valence-corrected chi connectivity index (χ1v) is 5.00. The maximum Gasteiger partial charge on any atom is 0.0704 e. The van der Waals surface area contributed by atoms with E-state index in [1.165, 1.54) is 8.66 Å². The molecule has 0 amide bonds. The summed E-state index contributed by atoms with van der Waals surface area (Å²) in [5, 5.41) is 3.05. The Morgan fingerprint density at radius 1 is 1.64 bits per heavy atom. The molecule has 0 aliphatic heterocycles. The molecular formula is C8H10BrNS. The third kappa shape index (κ3) is 3.18. The third-order valence-electron chi connectivity index (χ3n) is 1.20. The average molecular weight is 232 g/mol. The predicted molar refractivity (Wildman–Crippen MR) is 55.0 cm³/mol. The number of hydrogen-bond acceptors (Lipinski definition) is 2. The minimum atomic E-state index is 0.926. The van der Waals surface area contributed by atoms with Crippen molar-refractivity contribution in [3.8, 4) is 0 Å². The molecule has 0 saturated carbocycles. The Labute approximate surface area is 79.3 Å². The van der Waals surface area contributed by atoms with Crippen LogP contribution in [0.15, 0.2) is 22.0 Å². The molecule has 11 heavy (non-hydrogen) atoms. The first kappa shape index (κ1) is 8.97. The van der Waals surface area contributed by atoms with E-state index >= 15 is 0 Å². The fraction of sp³-hybridized carbons (Fsp3) is 0.250. The van der Waals surface area contributed by atoms with E-state index < -0.39 is 0 Å². The molecule has 0 unspecified atom stereocenters. The average Bonchev–Trinajstić information content (AvgIpc) is 2.37. The van der Waals surface area contributed by atoms with E-state index in [2.05, 4.69) is 45.5 Å². The van der Waals surface area contributed by atoms with Gasteiger partial charge in [-0.25, -0.2) is 0 Å². The van der Waals surface area contributed by atoms with Gasteiger partial charge < -0.3 is 5.32 Å². The van der Waals surface area contributed by atoms with Gasteiger partial charge in [-0.1, -0.05) is 6.08 Å². The van der Waals surface area contributed by atoms with E-state index in [0.717, 1.165) is 6.54 Å². The lowest BCUT2D eigenvalue weighted by Gasteiger charge is -1.86. The minimum Gasteiger partial charge on any atom is -0.316 e. The van der Waals surface area contributed by atoms with Gasteiger partial charge in [0.25, 0.3) is 0 Å². The molecule has 1 aromatic heterocycles. The lowest BCUT2D eigenvalue weighted by Crippen LogP contribution is -2.03. The zero-order chi connectivity index (χ0) is 8.10. The van der Waals surface area contributed by atoms with Crippen LogP contribution in [0.1, 0.15) is 4.88 Å². The van der Waals surface area contributed by atoms with Gasteiger partial charge in [-0.2, -0.15) is 0 Å². The van der Waals surface area contributed by atoms with Crippen molar-refractivity contribution >= 4 is 33.3 Å². The van der Waals surface area contributed by atoms with Crippen molar-refractivity contribution in [3.05, 3.63) is 26.9 Å². The van der Waals surface area contributed by atoms with Crippen molar-refractivity contribution in [2.24, 2.45) is 0 Å². The summed E-state index contributed by atoms with van der Waals surface area (Å²) in [6.45, 7) is 0.926. The highest BCUT2D eigenvalue weighted by Gasteiger charge is 1.90. The molecular weight excluding hydrogens is 222 g/mol. The first-order valence-electron chi connectivity index (χ1n) is 3.39. The number of rotatable bonds is 3. The van der Waals surface area contributed by atoms with Gasteiger partial charge >= 0.3 is 0 Å². The Kier molecular flexibility index (Phi) is 3.83. The topological polar surface area (TPSA) is 12.0 Å². The Morgan fingerprint density at radius 3 is 3.00 bits per heavy atom. The molecule has 1 heterocycles. The van der Waals surface area contributed by atoms with Crippen molar-refractivity contribution in [2.45, 2.75) is 0 Å². The van der Waals surface area contributed by atoms with Crippen molar-refractivity contribution in [3.63, 3.8) is 0 Å². The van der Waals surface area contributed by atoms with Crippen molar-refractivity contribution in [1.82, 2.24) is 5.32 Å². The van der Waals surface area contributed by atoms with Crippen LogP contribution in [0.3, 0.4) is 0 Å². The maximum atomic E-state index is 3.41. The number of halogens is 1. The van der Waals surface area contributed by atoms with E-state index in [4.69, 9.17) is 0 Å². The summed E-state index contributed by atoms with van der Waals surface area (Å²) in [5.74, 6) is 0. The standard InChI is InChI=1S/C8H10BrNS/c1-10-6-2-3-7-4-5-8(9)11-7/h2-5,10H,6H2,1H3. The highest BCUT2D eigenvalue weighted by atomic mass is 79.9. The second-order valence-corrected chi connectivity index (χ2v) is 4.60. The van der Waals surface area contributed by atoms with Crippen LogP contribution in [-0.2, 0) is 0 Å². The maximum absolute atomic E-state index is 3.41. The molecule has 0 atom stereocenters. The summed E-state index contributed by atoms with van der Waals surface area (Å²) in [5.41, 5.74) is 0. The van der Waals surface area contributed by atoms with Gasteiger partial charge in [-0.3, -0.25) is 0 Å². The lowest BCUT2D eigenvalue weighted by atomic mass is 10.4. The molecule has 0 spiro atoms. The summed E-state index contributed by atoms with van der Waals surface area (Å²) in [6.07, 6.45) is 4.23. The van der Waals surface area contributed by atoms with E-state index in [0.29, 0.717) is 0 Å². The Balaban J connectivity index is 2.50. The highest BCUT2D eigenvalue weighted by Crippen LogP contribution is 2.22. The number of thiophene rings is 1. The zero-order valence-electron chi connectivity index (χ0n) is 6.30.